The molecule has 0 spiro atoms. The molecule has 4 atom stereocenters. The summed E-state index contributed by atoms with van der Waals surface area (Å²) in [4.78, 5) is 10.8. The fourth-order valence-electron chi connectivity index (χ4n) is 1.97. The number of aliphatic hydroxyl groups excluding tert-OH is 1. The van der Waals surface area contributed by atoms with Crippen molar-refractivity contribution in [3.63, 3.8) is 0 Å². The van der Waals surface area contributed by atoms with Crippen LogP contribution in [0.1, 0.15) is 39.5 Å². The van der Waals surface area contributed by atoms with Crippen LogP contribution in [-0.2, 0) is 14.1 Å². The van der Waals surface area contributed by atoms with Crippen LogP contribution in [-0.4, -0.2) is 48.6 Å². The van der Waals surface area contributed by atoms with E-state index in [9.17, 15) is 9.90 Å². The third-order valence-electron chi connectivity index (χ3n) is 3.26. The Morgan fingerprint density at radius 2 is 2.10 bits per heavy atom. The molecule has 20 heavy (non-hydrogen) atoms. The van der Waals surface area contributed by atoms with Crippen molar-refractivity contribution in [1.29, 1.82) is 0 Å². The van der Waals surface area contributed by atoms with Crippen LogP contribution in [0.4, 0.5) is 0 Å². The van der Waals surface area contributed by atoms with Crippen molar-refractivity contribution in [2.45, 2.75) is 63.0 Å². The second kappa shape index (κ2) is 10.1. The van der Waals surface area contributed by atoms with Gasteiger partial charge in [-0.3, -0.25) is 5.09 Å². The van der Waals surface area contributed by atoms with Crippen LogP contribution < -0.4 is 5.09 Å². The Kier molecular flexibility index (Phi) is 9.25. The van der Waals surface area contributed by atoms with Crippen molar-refractivity contribution in [1.82, 2.24) is 5.09 Å². The fourth-order valence-corrected chi connectivity index (χ4v) is 6.15. The van der Waals surface area contributed by atoms with Crippen molar-refractivity contribution in [3.05, 3.63) is 0 Å². The lowest BCUT2D eigenvalue weighted by Crippen LogP contribution is -2.31. The Balaban J connectivity index is 2.45. The molecule has 1 aliphatic carbocycles. The van der Waals surface area contributed by atoms with E-state index < -0.39 is 13.6 Å². The molecular weight excluding hydrogens is 297 g/mol. The molecule has 0 aromatic rings. The van der Waals surface area contributed by atoms with Crippen molar-refractivity contribution in [2.24, 2.45) is 0 Å². The highest BCUT2D eigenvalue weighted by Gasteiger charge is 2.25. The van der Waals surface area contributed by atoms with Gasteiger partial charge in [-0.05, 0) is 26.7 Å². The molecule has 0 aliphatic heterocycles. The molecule has 5 nitrogen and oxygen atoms in total. The number of hydrogen-bond donors (Lipinski definition) is 2. The Bertz CT molecular complexity index is 277. The highest BCUT2D eigenvalue weighted by Crippen LogP contribution is 2.53. The van der Waals surface area contributed by atoms with E-state index in [1.54, 1.807) is 25.4 Å². The van der Waals surface area contributed by atoms with E-state index in [1.807, 2.05) is 6.92 Å². The molecule has 1 saturated carbocycles. The fraction of sp³-hybridized carbons (Fsp3) is 0.923. The first-order chi connectivity index (χ1) is 9.56. The summed E-state index contributed by atoms with van der Waals surface area (Å²) in [5.74, 6) is 0. The zero-order valence-electron chi connectivity index (χ0n) is 12.4. The minimum atomic E-state index is -0.936. The van der Waals surface area contributed by atoms with Gasteiger partial charge in [-0.1, -0.05) is 24.2 Å². The second-order valence-corrected chi connectivity index (χ2v) is 8.67. The van der Waals surface area contributed by atoms with Gasteiger partial charge in [0.2, 0.25) is 0 Å². The monoisotopic (exact) mass is 323 g/mol. The summed E-state index contributed by atoms with van der Waals surface area (Å²) >= 11 is 1.80. The Hall–Kier alpha value is 0.290. The number of ether oxygens (including phenoxy) is 1. The topological polar surface area (TPSA) is 67.8 Å². The molecule has 2 N–H and O–H groups in total. The minimum Gasteiger partial charge on any atom is -0.391 e. The SMILES string of the molecule is COC(COP(NC(C)C=O)SC1CCCC1)C(C)O. The molecule has 7 heteroatoms. The van der Waals surface area contributed by atoms with Gasteiger partial charge in [-0.25, -0.2) is 0 Å². The number of aliphatic hydroxyl groups is 1. The molecule has 0 saturated heterocycles. The molecular formula is C13H26NO4PS. The van der Waals surface area contributed by atoms with Gasteiger partial charge >= 0.3 is 0 Å². The van der Waals surface area contributed by atoms with Gasteiger partial charge in [-0.2, -0.15) is 0 Å². The number of carbonyl (C=O) groups is 1. The lowest BCUT2D eigenvalue weighted by atomic mass is 10.2. The molecule has 0 amide bonds. The highest BCUT2D eigenvalue weighted by molar-refractivity contribution is 8.54. The zero-order chi connectivity index (χ0) is 15.0. The van der Waals surface area contributed by atoms with E-state index in [1.165, 1.54) is 25.7 Å². The van der Waals surface area contributed by atoms with Crippen LogP contribution >= 0.6 is 18.9 Å². The maximum absolute atomic E-state index is 10.8. The number of hydrogen-bond acceptors (Lipinski definition) is 6. The molecule has 0 aromatic heterocycles. The van der Waals surface area contributed by atoms with Crippen LogP contribution in [0.3, 0.4) is 0 Å². The van der Waals surface area contributed by atoms with Gasteiger partial charge < -0.3 is 19.2 Å². The molecule has 0 radical (unpaired) electrons. The average Bonchev–Trinajstić information content (AvgIpc) is 2.91. The summed E-state index contributed by atoms with van der Waals surface area (Å²) in [5.41, 5.74) is 0. The largest absolute Gasteiger partial charge is 0.391 e. The van der Waals surface area contributed by atoms with Gasteiger partial charge in [0, 0.05) is 12.4 Å². The van der Waals surface area contributed by atoms with Crippen LogP contribution in [0.5, 0.6) is 0 Å². The predicted molar refractivity (Wildman–Crippen MR) is 83.9 cm³/mol. The molecule has 0 bridgehead atoms. The van der Waals surface area contributed by atoms with Gasteiger partial charge in [-0.15, -0.1) is 0 Å². The third kappa shape index (κ3) is 6.83. The van der Waals surface area contributed by atoms with Gasteiger partial charge in [0.15, 0.2) is 7.50 Å². The van der Waals surface area contributed by atoms with E-state index in [-0.39, 0.29) is 12.1 Å². The molecule has 118 valence electrons. The van der Waals surface area contributed by atoms with E-state index in [0.717, 1.165) is 6.29 Å². The van der Waals surface area contributed by atoms with E-state index in [0.29, 0.717) is 11.9 Å². The third-order valence-corrected chi connectivity index (χ3v) is 7.32. The van der Waals surface area contributed by atoms with E-state index >= 15 is 0 Å². The Morgan fingerprint density at radius 1 is 1.45 bits per heavy atom. The van der Waals surface area contributed by atoms with E-state index in [4.69, 9.17) is 9.26 Å². The summed E-state index contributed by atoms with van der Waals surface area (Å²) in [6, 6.07) is -0.220. The van der Waals surface area contributed by atoms with Crippen molar-refractivity contribution in [3.8, 4) is 0 Å². The van der Waals surface area contributed by atoms with Crippen LogP contribution in [0.15, 0.2) is 0 Å². The standard InChI is InChI=1S/C13H26NO4PS/c1-10(8-15)14-19(20-12-6-4-5-7-12)18-9-13(17-3)11(2)16/h8,10-14,16H,4-7,9H2,1-3H3. The first-order valence-corrected chi connectivity index (χ1v) is 9.83. The number of carbonyl (C=O) groups excluding carboxylic acids is 1. The van der Waals surface area contributed by atoms with E-state index in [2.05, 4.69) is 5.09 Å². The summed E-state index contributed by atoms with van der Waals surface area (Å²) in [7, 11) is 0.628. The minimum absolute atomic E-state index is 0.220. The number of rotatable bonds is 10. The maximum atomic E-state index is 10.8. The summed E-state index contributed by atoms with van der Waals surface area (Å²) in [5, 5.41) is 13.4. The normalized spacial score (nSPS) is 22.4. The quantitative estimate of drug-likeness (QED) is 0.475. The number of nitrogens with one attached hydrogen (secondary N) is 1. The van der Waals surface area contributed by atoms with Crippen molar-refractivity contribution >= 4 is 25.2 Å². The van der Waals surface area contributed by atoms with Gasteiger partial charge in [0.1, 0.15) is 12.4 Å². The first-order valence-electron chi connectivity index (χ1n) is 7.09. The summed E-state index contributed by atoms with van der Waals surface area (Å²) in [6.45, 7) is 3.84. The zero-order valence-corrected chi connectivity index (χ0v) is 14.2. The molecule has 1 rings (SSSR count). The van der Waals surface area contributed by atoms with Crippen molar-refractivity contribution in [2.75, 3.05) is 13.7 Å². The number of aldehydes is 1. The Labute approximate surface area is 126 Å². The molecule has 0 aromatic carbocycles. The smallest absolute Gasteiger partial charge is 0.167 e. The maximum Gasteiger partial charge on any atom is 0.167 e. The van der Waals surface area contributed by atoms with Crippen LogP contribution in [0.25, 0.3) is 0 Å². The highest BCUT2D eigenvalue weighted by atomic mass is 32.7. The first kappa shape index (κ1) is 18.3. The molecule has 1 fully saturated rings. The lowest BCUT2D eigenvalue weighted by Gasteiger charge is -2.25. The molecule has 0 heterocycles. The average molecular weight is 323 g/mol. The van der Waals surface area contributed by atoms with Gasteiger partial charge in [0.05, 0.1) is 18.8 Å². The van der Waals surface area contributed by atoms with Crippen molar-refractivity contribution < 1.29 is 19.2 Å². The molecule has 4 unspecified atom stereocenters. The summed E-state index contributed by atoms with van der Waals surface area (Å²) < 4.78 is 11.1. The van der Waals surface area contributed by atoms with Gasteiger partial charge in [0.25, 0.3) is 0 Å². The number of methoxy groups -OCH3 is 1. The Morgan fingerprint density at radius 3 is 2.60 bits per heavy atom. The predicted octanol–water partition coefficient (Wildman–Crippen LogP) is 2.48. The van der Waals surface area contributed by atoms with Crippen LogP contribution in [0.2, 0.25) is 0 Å². The lowest BCUT2D eigenvalue weighted by molar-refractivity contribution is -0.108. The summed E-state index contributed by atoms with van der Waals surface area (Å²) in [6.07, 6.45) is 4.96. The second-order valence-electron chi connectivity index (χ2n) is 5.13. The molecule has 1 aliphatic rings. The van der Waals surface area contributed by atoms with Crippen LogP contribution in [0, 0.1) is 0 Å².